The van der Waals surface area contributed by atoms with E-state index in [0.29, 0.717) is 54.9 Å². The predicted molar refractivity (Wildman–Crippen MR) is 193 cm³/mol. The highest BCUT2D eigenvalue weighted by Gasteiger charge is 2.32. The highest BCUT2D eigenvalue weighted by Crippen LogP contribution is 2.33. The quantitative estimate of drug-likeness (QED) is 0.103. The largest absolute Gasteiger partial charge is 0.478 e. The Hall–Kier alpha value is -3.98. The molecule has 5 rings (SSSR count). The van der Waals surface area contributed by atoms with Crippen molar-refractivity contribution in [3.8, 4) is 5.88 Å². The number of benzene rings is 1. The molecule has 0 radical (unpaired) electrons. The second kappa shape index (κ2) is 18.3. The number of carbonyl (C=O) groups excluding carboxylic acids is 2. The standard InChI is InChI=1S/C36H55N9O5/c1-2-3-20-49-32-21-30-33(34(38)41-32)42-36(48)45(30)23-26-9-7-25(8-10-26)22-43-16-11-27(12-17-43)28-13-18-44(19-14-28)35(47)29(37)6-4-5-15-40-31(46)24-50-39/h7-10,21,27-29H,2-6,11-20,22-24,37,39H2,1H3,(H2,38,41)(H,40,46)(H,42,48). The Morgan fingerprint density at radius 3 is 2.32 bits per heavy atom. The van der Waals surface area contributed by atoms with Crippen LogP contribution >= 0.6 is 0 Å². The van der Waals surface area contributed by atoms with Crippen LogP contribution in [0.5, 0.6) is 5.88 Å². The number of carbonyl (C=O) groups is 2. The van der Waals surface area contributed by atoms with Gasteiger partial charge >= 0.3 is 5.69 Å². The van der Waals surface area contributed by atoms with Crippen LogP contribution in [0.4, 0.5) is 5.82 Å². The highest BCUT2D eigenvalue weighted by molar-refractivity contribution is 5.86. The van der Waals surface area contributed by atoms with Crippen LogP contribution in [0.15, 0.2) is 35.1 Å². The molecule has 0 saturated carbocycles. The Morgan fingerprint density at radius 1 is 1.00 bits per heavy atom. The molecule has 1 atom stereocenters. The van der Waals surface area contributed by atoms with Gasteiger partial charge in [0.15, 0.2) is 5.82 Å². The molecule has 2 saturated heterocycles. The van der Waals surface area contributed by atoms with Gasteiger partial charge in [-0.3, -0.25) is 23.9 Å². The number of unbranched alkanes of at least 4 members (excludes halogenated alkanes) is 2. The van der Waals surface area contributed by atoms with E-state index in [1.54, 1.807) is 10.6 Å². The van der Waals surface area contributed by atoms with Crippen LogP contribution < -0.4 is 33.1 Å². The number of nitrogens with two attached hydrogens (primary N) is 3. The van der Waals surface area contributed by atoms with Gasteiger partial charge in [0.05, 0.1) is 24.7 Å². The van der Waals surface area contributed by atoms with Crippen LogP contribution in [-0.4, -0.2) is 88.1 Å². The van der Waals surface area contributed by atoms with Gasteiger partial charge < -0.3 is 31.4 Å². The fourth-order valence-corrected chi connectivity index (χ4v) is 7.27. The van der Waals surface area contributed by atoms with E-state index in [1.807, 2.05) is 4.90 Å². The maximum Gasteiger partial charge on any atom is 0.326 e. The summed E-state index contributed by atoms with van der Waals surface area (Å²) in [5.74, 6) is 6.72. The van der Waals surface area contributed by atoms with E-state index in [9.17, 15) is 14.4 Å². The number of amides is 2. The van der Waals surface area contributed by atoms with Gasteiger partial charge in [0, 0.05) is 32.2 Å². The van der Waals surface area contributed by atoms with E-state index in [2.05, 4.69) is 56.2 Å². The summed E-state index contributed by atoms with van der Waals surface area (Å²) in [5.41, 5.74) is 15.7. The van der Waals surface area contributed by atoms with E-state index < -0.39 is 6.04 Å². The van der Waals surface area contributed by atoms with Crippen LogP contribution in [0.2, 0.25) is 0 Å². The van der Waals surface area contributed by atoms with Crippen LogP contribution in [0.3, 0.4) is 0 Å². The van der Waals surface area contributed by atoms with E-state index in [0.717, 1.165) is 76.8 Å². The molecule has 0 aliphatic carbocycles. The molecule has 14 heteroatoms. The predicted octanol–water partition coefficient (Wildman–Crippen LogP) is 2.49. The summed E-state index contributed by atoms with van der Waals surface area (Å²) < 4.78 is 7.45. The number of hydrogen-bond acceptors (Lipinski definition) is 10. The van der Waals surface area contributed by atoms with Crippen molar-refractivity contribution in [1.29, 1.82) is 0 Å². The van der Waals surface area contributed by atoms with Gasteiger partial charge in [-0.05, 0) is 87.4 Å². The zero-order chi connectivity index (χ0) is 35.5. The molecule has 2 aliphatic heterocycles. The topological polar surface area (TPSA) is 200 Å². The third-order valence-corrected chi connectivity index (χ3v) is 10.2. The monoisotopic (exact) mass is 693 g/mol. The number of aromatic amines is 1. The first-order valence-corrected chi connectivity index (χ1v) is 18.2. The lowest BCUT2D eigenvalue weighted by Crippen LogP contribution is -2.48. The third-order valence-electron chi connectivity index (χ3n) is 10.2. The number of likely N-dealkylation sites (tertiary alicyclic amines) is 2. The molecular formula is C36H55N9O5. The molecular weight excluding hydrogens is 638 g/mol. The first-order chi connectivity index (χ1) is 24.2. The SMILES string of the molecule is CCCCOc1cc2c([nH]c(=O)n2Cc2ccc(CN3CCC(C4CCN(C(=O)C(N)CCCCNC(=O)CON)CC4)CC3)cc2)c(N)n1. The number of hydrogen-bond donors (Lipinski definition) is 5. The maximum absolute atomic E-state index is 13.0. The van der Waals surface area contributed by atoms with Gasteiger partial charge in [0.25, 0.3) is 0 Å². The van der Waals surface area contributed by atoms with E-state index in [-0.39, 0.29) is 29.9 Å². The first kappa shape index (κ1) is 37.3. The molecule has 2 aromatic heterocycles. The third kappa shape index (κ3) is 10.1. The Morgan fingerprint density at radius 2 is 1.66 bits per heavy atom. The number of nitrogens with zero attached hydrogens (tertiary/aromatic N) is 4. The molecule has 0 bridgehead atoms. The molecule has 2 aliphatic rings. The van der Waals surface area contributed by atoms with Gasteiger partial charge in [0.1, 0.15) is 12.1 Å². The fourth-order valence-electron chi connectivity index (χ4n) is 7.27. The number of nitrogen functional groups attached to an aromatic ring is 1. The number of rotatable bonds is 17. The second-order valence-corrected chi connectivity index (χ2v) is 13.8. The van der Waals surface area contributed by atoms with E-state index >= 15 is 0 Å². The lowest BCUT2D eigenvalue weighted by molar-refractivity contribution is -0.134. The Kier molecular flexibility index (Phi) is 13.7. The molecule has 50 heavy (non-hydrogen) atoms. The summed E-state index contributed by atoms with van der Waals surface area (Å²) in [5, 5.41) is 2.72. The van der Waals surface area contributed by atoms with Crippen LogP contribution in [0.25, 0.3) is 11.0 Å². The van der Waals surface area contributed by atoms with Gasteiger partial charge in [-0.25, -0.2) is 10.7 Å². The summed E-state index contributed by atoms with van der Waals surface area (Å²) in [6, 6.07) is 9.79. The number of piperidine rings is 2. The molecule has 8 N–H and O–H groups in total. The number of imidazole rings is 1. The number of ether oxygens (including phenoxy) is 1. The number of pyridine rings is 1. The molecule has 3 aromatic rings. The lowest BCUT2D eigenvalue weighted by atomic mass is 9.78. The molecule has 274 valence electrons. The molecule has 14 nitrogen and oxygen atoms in total. The van der Waals surface area contributed by atoms with Crippen molar-refractivity contribution >= 4 is 28.7 Å². The fraction of sp³-hybridized carbons (Fsp3) is 0.611. The number of nitrogens with one attached hydrogen (secondary N) is 2. The second-order valence-electron chi connectivity index (χ2n) is 13.8. The number of fused-ring (bicyclic) bond motifs is 1. The van der Waals surface area contributed by atoms with Gasteiger partial charge in [-0.2, -0.15) is 4.98 Å². The summed E-state index contributed by atoms with van der Waals surface area (Å²) in [4.78, 5) is 53.1. The molecule has 1 unspecified atom stereocenters. The summed E-state index contributed by atoms with van der Waals surface area (Å²) >= 11 is 0. The first-order valence-electron chi connectivity index (χ1n) is 18.2. The van der Waals surface area contributed by atoms with Crippen molar-refractivity contribution < 1.29 is 19.2 Å². The smallest absolute Gasteiger partial charge is 0.326 e. The minimum atomic E-state index is -0.497. The Balaban J connectivity index is 1.03. The maximum atomic E-state index is 13.0. The van der Waals surface area contributed by atoms with Crippen molar-refractivity contribution in [3.05, 3.63) is 51.9 Å². The van der Waals surface area contributed by atoms with E-state index in [1.165, 1.54) is 18.4 Å². The Labute approximate surface area is 294 Å². The molecule has 1 aromatic carbocycles. The van der Waals surface area contributed by atoms with Crippen LogP contribution in [0.1, 0.15) is 75.8 Å². The summed E-state index contributed by atoms with van der Waals surface area (Å²) in [6.45, 7) is 8.03. The highest BCUT2D eigenvalue weighted by atomic mass is 16.6. The van der Waals surface area contributed by atoms with Crippen molar-refractivity contribution in [2.75, 3.05) is 51.7 Å². The number of aromatic nitrogens is 3. The molecule has 0 spiro atoms. The van der Waals surface area contributed by atoms with Crippen molar-refractivity contribution in [2.45, 2.75) is 83.8 Å². The lowest BCUT2D eigenvalue weighted by Gasteiger charge is -2.40. The molecule has 4 heterocycles. The van der Waals surface area contributed by atoms with Gasteiger partial charge in [0.2, 0.25) is 17.7 Å². The minimum absolute atomic E-state index is 0.0434. The zero-order valence-electron chi connectivity index (χ0n) is 29.4. The average Bonchev–Trinajstić information content (AvgIpc) is 3.44. The van der Waals surface area contributed by atoms with Gasteiger partial charge in [-0.15, -0.1) is 0 Å². The number of anilines is 1. The molecule has 2 amide bonds. The summed E-state index contributed by atoms with van der Waals surface area (Å²) in [6.07, 6.45) is 8.50. The molecule has 2 fully saturated rings. The van der Waals surface area contributed by atoms with Crippen LogP contribution in [-0.2, 0) is 27.5 Å². The number of H-pyrrole nitrogens is 1. The van der Waals surface area contributed by atoms with Gasteiger partial charge in [-0.1, -0.05) is 37.6 Å². The van der Waals surface area contributed by atoms with E-state index in [4.69, 9.17) is 22.1 Å². The van der Waals surface area contributed by atoms with Crippen LogP contribution in [0, 0.1) is 11.8 Å². The summed E-state index contributed by atoms with van der Waals surface area (Å²) in [7, 11) is 0. The normalized spacial score (nSPS) is 16.9. The van der Waals surface area contributed by atoms with Crippen molar-refractivity contribution in [1.82, 2.24) is 29.7 Å². The average molecular weight is 694 g/mol. The Bertz CT molecular complexity index is 1590. The minimum Gasteiger partial charge on any atom is -0.478 e. The van der Waals surface area contributed by atoms with Crippen molar-refractivity contribution in [3.63, 3.8) is 0 Å². The van der Waals surface area contributed by atoms with Crippen molar-refractivity contribution in [2.24, 2.45) is 23.5 Å². The zero-order valence-corrected chi connectivity index (χ0v) is 29.4.